The molecule has 1 unspecified atom stereocenters. The van der Waals surface area contributed by atoms with E-state index in [9.17, 15) is 4.79 Å². The standard InChI is InChI=1S/C12H22N2O.ClH/c1-5-7-11(8-6-2)12(15)14(4)10(3)9-13;/h5-6,10-11H,1-2,7-9,13H2,3-4H3;1H. The van der Waals surface area contributed by atoms with Gasteiger partial charge in [-0.25, -0.2) is 0 Å². The van der Waals surface area contributed by atoms with Crippen molar-refractivity contribution >= 4 is 18.3 Å². The minimum Gasteiger partial charge on any atom is -0.342 e. The Morgan fingerprint density at radius 2 is 1.81 bits per heavy atom. The number of amides is 1. The second kappa shape index (κ2) is 9.43. The van der Waals surface area contributed by atoms with Gasteiger partial charge in [0, 0.05) is 25.6 Å². The highest BCUT2D eigenvalue weighted by molar-refractivity contribution is 5.85. The van der Waals surface area contributed by atoms with Gasteiger partial charge in [0.05, 0.1) is 0 Å². The first-order valence-electron chi connectivity index (χ1n) is 5.27. The van der Waals surface area contributed by atoms with Crippen LogP contribution in [0.4, 0.5) is 0 Å². The van der Waals surface area contributed by atoms with Crippen LogP contribution in [0.5, 0.6) is 0 Å². The molecule has 94 valence electrons. The lowest BCUT2D eigenvalue weighted by molar-refractivity contribution is -0.135. The summed E-state index contributed by atoms with van der Waals surface area (Å²) in [5.41, 5.74) is 5.52. The summed E-state index contributed by atoms with van der Waals surface area (Å²) < 4.78 is 0. The molecule has 0 aliphatic heterocycles. The van der Waals surface area contributed by atoms with Gasteiger partial charge in [0.15, 0.2) is 0 Å². The molecule has 0 spiro atoms. The highest BCUT2D eigenvalue weighted by atomic mass is 35.5. The summed E-state index contributed by atoms with van der Waals surface area (Å²) in [6.45, 7) is 9.74. The van der Waals surface area contributed by atoms with Crippen LogP contribution < -0.4 is 5.73 Å². The fourth-order valence-corrected chi connectivity index (χ4v) is 1.36. The number of nitrogens with two attached hydrogens (primary N) is 1. The zero-order valence-corrected chi connectivity index (χ0v) is 11.0. The van der Waals surface area contributed by atoms with Crippen LogP contribution in [0.3, 0.4) is 0 Å². The monoisotopic (exact) mass is 246 g/mol. The number of nitrogens with zero attached hydrogens (tertiary/aromatic N) is 1. The first-order chi connectivity index (χ1) is 7.08. The fraction of sp³-hybridized carbons (Fsp3) is 0.583. The van der Waals surface area contributed by atoms with E-state index in [0.29, 0.717) is 19.4 Å². The molecule has 0 aliphatic rings. The molecule has 0 saturated heterocycles. The lowest BCUT2D eigenvalue weighted by Gasteiger charge is -2.27. The predicted octanol–water partition coefficient (Wildman–Crippen LogP) is 1.98. The number of carbonyl (C=O) groups is 1. The molecule has 4 heteroatoms. The topological polar surface area (TPSA) is 46.3 Å². The van der Waals surface area contributed by atoms with Crippen molar-refractivity contribution in [2.45, 2.75) is 25.8 Å². The molecule has 1 atom stereocenters. The Balaban J connectivity index is 0. The Hall–Kier alpha value is -0.800. The molecule has 0 aromatic carbocycles. The van der Waals surface area contributed by atoms with E-state index in [1.54, 1.807) is 24.1 Å². The molecule has 0 aromatic heterocycles. The Morgan fingerprint density at radius 1 is 1.38 bits per heavy atom. The van der Waals surface area contributed by atoms with Gasteiger partial charge in [-0.1, -0.05) is 12.2 Å². The minimum atomic E-state index is -0.0426. The van der Waals surface area contributed by atoms with Crippen molar-refractivity contribution in [1.29, 1.82) is 0 Å². The van der Waals surface area contributed by atoms with Gasteiger partial charge in [0.25, 0.3) is 0 Å². The third-order valence-electron chi connectivity index (χ3n) is 2.60. The zero-order valence-electron chi connectivity index (χ0n) is 10.2. The molecule has 3 nitrogen and oxygen atoms in total. The Morgan fingerprint density at radius 3 is 2.12 bits per heavy atom. The summed E-state index contributed by atoms with van der Waals surface area (Å²) in [7, 11) is 1.79. The quantitative estimate of drug-likeness (QED) is 0.699. The molecule has 0 fully saturated rings. The third kappa shape index (κ3) is 5.33. The molecule has 0 radical (unpaired) electrons. The van der Waals surface area contributed by atoms with Gasteiger partial charge in [-0.3, -0.25) is 4.79 Å². The highest BCUT2D eigenvalue weighted by Gasteiger charge is 2.22. The molecule has 0 saturated carbocycles. The van der Waals surface area contributed by atoms with E-state index < -0.39 is 0 Å². The smallest absolute Gasteiger partial charge is 0.226 e. The van der Waals surface area contributed by atoms with Crippen LogP contribution in [-0.2, 0) is 4.79 Å². The van der Waals surface area contributed by atoms with Crippen molar-refractivity contribution in [3.05, 3.63) is 25.3 Å². The maximum Gasteiger partial charge on any atom is 0.226 e. The summed E-state index contributed by atoms with van der Waals surface area (Å²) in [5, 5.41) is 0. The second-order valence-corrected chi connectivity index (χ2v) is 3.78. The molecule has 0 bridgehead atoms. The van der Waals surface area contributed by atoms with Gasteiger partial charge in [0.2, 0.25) is 5.91 Å². The lowest BCUT2D eigenvalue weighted by atomic mass is 9.99. The third-order valence-corrected chi connectivity index (χ3v) is 2.60. The number of carbonyl (C=O) groups excluding carboxylic acids is 1. The first-order valence-corrected chi connectivity index (χ1v) is 5.27. The van der Waals surface area contributed by atoms with Crippen LogP contribution in [0.2, 0.25) is 0 Å². The predicted molar refractivity (Wildman–Crippen MR) is 71.7 cm³/mol. The first kappa shape index (κ1) is 17.6. The van der Waals surface area contributed by atoms with Crippen molar-refractivity contribution in [3.63, 3.8) is 0 Å². The molecular formula is C12H23ClN2O. The van der Waals surface area contributed by atoms with Gasteiger partial charge in [-0.05, 0) is 19.8 Å². The second-order valence-electron chi connectivity index (χ2n) is 3.78. The van der Waals surface area contributed by atoms with Crippen molar-refractivity contribution < 1.29 is 4.79 Å². The van der Waals surface area contributed by atoms with Gasteiger partial charge in [-0.15, -0.1) is 25.6 Å². The largest absolute Gasteiger partial charge is 0.342 e. The fourth-order valence-electron chi connectivity index (χ4n) is 1.36. The Bertz CT molecular complexity index is 221. The summed E-state index contributed by atoms with van der Waals surface area (Å²) in [4.78, 5) is 13.7. The zero-order chi connectivity index (χ0) is 11.8. The van der Waals surface area contributed by atoms with Gasteiger partial charge < -0.3 is 10.6 Å². The van der Waals surface area contributed by atoms with Crippen molar-refractivity contribution in [2.75, 3.05) is 13.6 Å². The molecule has 1 amide bonds. The van der Waals surface area contributed by atoms with Crippen LogP contribution in [0.1, 0.15) is 19.8 Å². The number of halogens is 1. The van der Waals surface area contributed by atoms with Crippen LogP contribution in [-0.4, -0.2) is 30.4 Å². The molecule has 0 aliphatic carbocycles. The lowest BCUT2D eigenvalue weighted by Crippen LogP contribution is -2.42. The summed E-state index contributed by atoms with van der Waals surface area (Å²) >= 11 is 0. The van der Waals surface area contributed by atoms with Crippen molar-refractivity contribution in [3.8, 4) is 0 Å². The molecule has 0 rings (SSSR count). The van der Waals surface area contributed by atoms with Gasteiger partial charge in [-0.2, -0.15) is 0 Å². The van der Waals surface area contributed by atoms with E-state index in [0.717, 1.165) is 0 Å². The van der Waals surface area contributed by atoms with Crippen molar-refractivity contribution in [2.24, 2.45) is 11.7 Å². The number of rotatable bonds is 7. The maximum atomic E-state index is 12.0. The average molecular weight is 247 g/mol. The number of likely N-dealkylation sites (N-methyl/N-ethyl adjacent to an activating group) is 1. The maximum absolute atomic E-state index is 12.0. The SMILES string of the molecule is C=CCC(CC=C)C(=O)N(C)C(C)CN.Cl. The number of hydrogen-bond acceptors (Lipinski definition) is 2. The van der Waals surface area contributed by atoms with E-state index in [1.165, 1.54) is 0 Å². The molecule has 0 heterocycles. The Kier molecular flexibility index (Phi) is 10.4. The van der Waals surface area contributed by atoms with Gasteiger partial charge in [0.1, 0.15) is 0 Å². The summed E-state index contributed by atoms with van der Waals surface area (Å²) in [6.07, 6.45) is 4.92. The number of allylic oxidation sites excluding steroid dienone is 2. The molecule has 2 N–H and O–H groups in total. The molecule has 16 heavy (non-hydrogen) atoms. The number of hydrogen-bond donors (Lipinski definition) is 1. The van der Waals surface area contributed by atoms with E-state index in [4.69, 9.17) is 5.73 Å². The van der Waals surface area contributed by atoms with Crippen molar-refractivity contribution in [1.82, 2.24) is 4.90 Å². The average Bonchev–Trinajstić information content (AvgIpc) is 2.25. The van der Waals surface area contributed by atoms with Gasteiger partial charge >= 0.3 is 0 Å². The summed E-state index contributed by atoms with van der Waals surface area (Å²) in [6, 6.07) is 0.0784. The highest BCUT2D eigenvalue weighted by Crippen LogP contribution is 2.14. The molecular weight excluding hydrogens is 224 g/mol. The van der Waals surface area contributed by atoms with Crippen LogP contribution in [0, 0.1) is 5.92 Å². The normalized spacial score (nSPS) is 11.5. The minimum absolute atomic E-state index is 0. The van der Waals surface area contributed by atoms with E-state index in [-0.39, 0.29) is 30.3 Å². The molecule has 0 aromatic rings. The van der Waals surface area contributed by atoms with E-state index in [2.05, 4.69) is 13.2 Å². The van der Waals surface area contributed by atoms with Crippen LogP contribution in [0.15, 0.2) is 25.3 Å². The van der Waals surface area contributed by atoms with Crippen LogP contribution in [0.25, 0.3) is 0 Å². The van der Waals surface area contributed by atoms with E-state index >= 15 is 0 Å². The van der Waals surface area contributed by atoms with E-state index in [1.807, 2.05) is 6.92 Å². The van der Waals surface area contributed by atoms with Crippen LogP contribution >= 0.6 is 12.4 Å². The summed E-state index contributed by atoms with van der Waals surface area (Å²) in [5.74, 6) is 0.0757. The Labute approximate surface area is 105 Å².